The Balaban J connectivity index is 1.98. The first kappa shape index (κ1) is 16.8. The minimum Gasteiger partial charge on any atom is -0.338 e. The predicted octanol–water partition coefficient (Wildman–Crippen LogP) is 2.76. The number of halogens is 1. The lowest BCUT2D eigenvalue weighted by Crippen LogP contribution is -2.33. The van der Waals surface area contributed by atoms with Crippen LogP contribution in [0.3, 0.4) is 0 Å². The quantitative estimate of drug-likeness (QED) is 0.775. The van der Waals surface area contributed by atoms with E-state index in [4.69, 9.17) is 0 Å². The molecule has 2 heterocycles. The van der Waals surface area contributed by atoms with Gasteiger partial charge in [0, 0.05) is 25.9 Å². The van der Waals surface area contributed by atoms with Gasteiger partial charge in [-0.3, -0.25) is 4.79 Å². The molecular weight excluding hydrogens is 321 g/mol. The summed E-state index contributed by atoms with van der Waals surface area (Å²) < 4.78 is 13.3. The molecule has 0 aliphatic carbocycles. The van der Waals surface area contributed by atoms with Gasteiger partial charge in [0.2, 0.25) is 0 Å². The van der Waals surface area contributed by atoms with Crippen molar-refractivity contribution in [2.45, 2.75) is 19.4 Å². The number of rotatable bonds is 5. The van der Waals surface area contributed by atoms with E-state index in [0.717, 1.165) is 11.4 Å². The third-order valence-electron chi connectivity index (χ3n) is 3.92. The van der Waals surface area contributed by atoms with Crippen LogP contribution in [0.4, 0.5) is 4.39 Å². The van der Waals surface area contributed by atoms with Crippen LogP contribution >= 0.6 is 0 Å². The van der Waals surface area contributed by atoms with Gasteiger partial charge in [0.25, 0.3) is 5.91 Å². The monoisotopic (exact) mass is 339 g/mol. The van der Waals surface area contributed by atoms with Gasteiger partial charge >= 0.3 is 0 Å². The zero-order chi connectivity index (χ0) is 17.8. The third kappa shape index (κ3) is 3.55. The molecule has 2 aromatic heterocycles. The van der Waals surface area contributed by atoms with Crippen molar-refractivity contribution in [3.05, 3.63) is 77.6 Å². The maximum absolute atomic E-state index is 13.3. The lowest BCUT2D eigenvalue weighted by Gasteiger charge is -2.27. The molecule has 0 aliphatic rings. The molecular formula is C18H18FN5O. The number of benzene rings is 1. The highest BCUT2D eigenvalue weighted by atomic mass is 19.1. The summed E-state index contributed by atoms with van der Waals surface area (Å²) >= 11 is 0. The second kappa shape index (κ2) is 7.21. The fourth-order valence-corrected chi connectivity index (χ4v) is 2.60. The Labute approximate surface area is 144 Å². The van der Waals surface area contributed by atoms with E-state index >= 15 is 0 Å². The van der Waals surface area contributed by atoms with Crippen LogP contribution in [0.15, 0.2) is 48.9 Å². The zero-order valence-corrected chi connectivity index (χ0v) is 14.0. The summed E-state index contributed by atoms with van der Waals surface area (Å²) in [6, 6.07) is 7.14. The molecule has 0 aliphatic heterocycles. The highest BCUT2D eigenvalue weighted by Gasteiger charge is 2.27. The molecule has 0 fully saturated rings. The number of nitrogens with one attached hydrogen (secondary N) is 1. The lowest BCUT2D eigenvalue weighted by atomic mass is 10.0. The Kier molecular flexibility index (Phi) is 4.83. The largest absolute Gasteiger partial charge is 0.338 e. The highest BCUT2D eigenvalue weighted by molar-refractivity contribution is 5.92. The number of hydrogen-bond donors (Lipinski definition) is 1. The summed E-state index contributed by atoms with van der Waals surface area (Å²) in [5.74, 6) is 0.617. The number of aromatic amines is 1. The summed E-state index contributed by atoms with van der Waals surface area (Å²) in [7, 11) is 1.67. The van der Waals surface area contributed by atoms with Crippen molar-refractivity contribution in [3.8, 4) is 0 Å². The number of H-pyrrole nitrogens is 1. The molecule has 1 amide bonds. The fourth-order valence-electron chi connectivity index (χ4n) is 2.60. The van der Waals surface area contributed by atoms with Crippen LogP contribution in [0.1, 0.15) is 40.7 Å². The summed E-state index contributed by atoms with van der Waals surface area (Å²) in [6.07, 6.45) is 5.45. The van der Waals surface area contributed by atoms with Gasteiger partial charge < -0.3 is 9.88 Å². The van der Waals surface area contributed by atoms with Crippen molar-refractivity contribution in [2.24, 2.45) is 0 Å². The Morgan fingerprint density at radius 1 is 1.20 bits per heavy atom. The standard InChI is InChI=1S/C18H18FN5O/c1-3-15-22-11-14(23-15)18(25)24(2)16(17-20-9-4-10-21-17)12-5-7-13(19)8-6-12/h4-11,16H,3H2,1-2H3,(H,22,23)/t16-/m0/s1. The molecule has 3 rings (SSSR count). The SMILES string of the molecule is CCc1ncc(C(=O)N(C)[C@@H](c2ccc(F)cc2)c2ncccn2)[nH]1. The van der Waals surface area contributed by atoms with Crippen LogP contribution in [0.25, 0.3) is 0 Å². The van der Waals surface area contributed by atoms with Gasteiger partial charge in [-0.25, -0.2) is 19.3 Å². The van der Waals surface area contributed by atoms with Gasteiger partial charge in [0.05, 0.1) is 6.20 Å². The Hall–Kier alpha value is -3.09. The van der Waals surface area contributed by atoms with E-state index in [2.05, 4.69) is 19.9 Å². The molecule has 0 unspecified atom stereocenters. The molecule has 0 spiro atoms. The van der Waals surface area contributed by atoms with Gasteiger partial charge in [0.1, 0.15) is 23.4 Å². The van der Waals surface area contributed by atoms with Crippen molar-refractivity contribution in [1.29, 1.82) is 0 Å². The van der Waals surface area contributed by atoms with Crippen LogP contribution < -0.4 is 0 Å². The van der Waals surface area contributed by atoms with E-state index in [1.807, 2.05) is 6.92 Å². The molecule has 3 aromatic rings. The van der Waals surface area contributed by atoms with Crippen molar-refractivity contribution < 1.29 is 9.18 Å². The molecule has 25 heavy (non-hydrogen) atoms. The minimum atomic E-state index is -0.539. The molecule has 0 radical (unpaired) electrons. The Morgan fingerprint density at radius 2 is 1.88 bits per heavy atom. The Morgan fingerprint density at radius 3 is 2.48 bits per heavy atom. The number of nitrogens with zero attached hydrogens (tertiary/aromatic N) is 4. The second-order valence-electron chi connectivity index (χ2n) is 5.57. The van der Waals surface area contributed by atoms with Gasteiger partial charge in [-0.15, -0.1) is 0 Å². The smallest absolute Gasteiger partial charge is 0.272 e. The van der Waals surface area contributed by atoms with E-state index in [-0.39, 0.29) is 11.7 Å². The second-order valence-corrected chi connectivity index (χ2v) is 5.57. The normalized spacial score (nSPS) is 12.0. The van der Waals surface area contributed by atoms with Gasteiger partial charge in [-0.2, -0.15) is 0 Å². The van der Waals surface area contributed by atoms with Gasteiger partial charge in [0.15, 0.2) is 5.82 Å². The number of aryl methyl sites for hydroxylation is 1. The van der Waals surface area contributed by atoms with Crippen LogP contribution in [0, 0.1) is 5.82 Å². The first-order chi connectivity index (χ1) is 12.1. The Bertz CT molecular complexity index is 847. The van der Waals surface area contributed by atoms with E-state index < -0.39 is 6.04 Å². The number of aromatic nitrogens is 4. The molecule has 6 nitrogen and oxygen atoms in total. The fraction of sp³-hybridized carbons (Fsp3) is 0.222. The van der Waals surface area contributed by atoms with Crippen LogP contribution in [-0.4, -0.2) is 37.8 Å². The van der Waals surface area contributed by atoms with Gasteiger partial charge in [-0.05, 0) is 23.8 Å². The predicted molar refractivity (Wildman–Crippen MR) is 90.3 cm³/mol. The molecule has 1 aromatic carbocycles. The first-order valence-electron chi connectivity index (χ1n) is 7.93. The van der Waals surface area contributed by atoms with Crippen LogP contribution in [-0.2, 0) is 6.42 Å². The number of amides is 1. The first-order valence-corrected chi connectivity index (χ1v) is 7.93. The molecule has 0 saturated heterocycles. The molecule has 128 valence electrons. The summed E-state index contributed by atoms with van der Waals surface area (Å²) in [5.41, 5.74) is 1.11. The van der Waals surface area contributed by atoms with Crippen LogP contribution in [0.5, 0.6) is 0 Å². The average molecular weight is 339 g/mol. The van der Waals surface area contributed by atoms with E-state index in [1.54, 1.807) is 37.6 Å². The molecule has 0 saturated carbocycles. The lowest BCUT2D eigenvalue weighted by molar-refractivity contribution is 0.0744. The number of carbonyl (C=O) groups excluding carboxylic acids is 1. The zero-order valence-electron chi connectivity index (χ0n) is 14.0. The highest BCUT2D eigenvalue weighted by Crippen LogP contribution is 2.26. The molecule has 1 N–H and O–H groups in total. The maximum atomic E-state index is 13.3. The number of hydrogen-bond acceptors (Lipinski definition) is 4. The van der Waals surface area contributed by atoms with Crippen molar-refractivity contribution in [1.82, 2.24) is 24.8 Å². The van der Waals surface area contributed by atoms with Crippen LogP contribution in [0.2, 0.25) is 0 Å². The van der Waals surface area contributed by atoms with E-state index in [0.29, 0.717) is 17.9 Å². The number of carbonyl (C=O) groups is 1. The molecule has 0 bridgehead atoms. The molecule has 7 heteroatoms. The molecule has 1 atom stereocenters. The van der Waals surface area contributed by atoms with Crippen molar-refractivity contribution in [3.63, 3.8) is 0 Å². The van der Waals surface area contributed by atoms with Gasteiger partial charge in [-0.1, -0.05) is 19.1 Å². The number of imidazole rings is 1. The summed E-state index contributed by atoms with van der Waals surface area (Å²) in [6.45, 7) is 1.95. The third-order valence-corrected chi connectivity index (χ3v) is 3.92. The summed E-state index contributed by atoms with van der Waals surface area (Å²) in [4.78, 5) is 30.1. The van der Waals surface area contributed by atoms with E-state index in [1.165, 1.54) is 23.2 Å². The topological polar surface area (TPSA) is 74.8 Å². The van der Waals surface area contributed by atoms with Crippen molar-refractivity contribution in [2.75, 3.05) is 7.05 Å². The average Bonchev–Trinajstić information content (AvgIpc) is 3.13. The summed E-state index contributed by atoms with van der Waals surface area (Å²) in [5, 5.41) is 0. The minimum absolute atomic E-state index is 0.242. The van der Waals surface area contributed by atoms with E-state index in [9.17, 15) is 9.18 Å². The maximum Gasteiger partial charge on any atom is 0.272 e. The van der Waals surface area contributed by atoms with Crippen molar-refractivity contribution >= 4 is 5.91 Å².